The first kappa shape index (κ1) is 28.2. The zero-order valence-electron chi connectivity index (χ0n) is 21.6. The summed E-state index contributed by atoms with van der Waals surface area (Å²) in [7, 11) is 0. The molecule has 1 unspecified atom stereocenters. The molecule has 2 aromatic rings. The number of aromatic nitrogens is 3. The van der Waals surface area contributed by atoms with E-state index in [9.17, 15) is 24.3 Å². The first-order chi connectivity index (χ1) is 19.7. The molecule has 0 aromatic carbocycles. The average molecular weight is 600 g/mol. The van der Waals surface area contributed by atoms with E-state index >= 15 is 0 Å². The fourth-order valence-corrected chi connectivity index (χ4v) is 6.43. The lowest BCUT2D eigenvalue weighted by atomic mass is 10.0. The Labute approximate surface area is 242 Å². The lowest BCUT2D eigenvalue weighted by molar-refractivity contribution is -0.687. The lowest BCUT2D eigenvalue weighted by Gasteiger charge is -2.49. The minimum absolute atomic E-state index is 0.0106. The first-order valence-electron chi connectivity index (χ1n) is 12.7. The van der Waals surface area contributed by atoms with E-state index in [-0.39, 0.29) is 28.5 Å². The molecule has 2 aromatic heterocycles. The van der Waals surface area contributed by atoms with Crippen LogP contribution in [0.25, 0.3) is 0 Å². The number of nitrogens with one attached hydrogen (secondary N) is 1. The van der Waals surface area contributed by atoms with E-state index in [1.807, 2.05) is 0 Å². The van der Waals surface area contributed by atoms with Gasteiger partial charge in [-0.1, -0.05) is 11.2 Å². The standard InChI is InChI=1S/C25H26N8O6S2/c26-19(34)13-7-10-32(11-8-13)9-3-4-14-12-40-23-17(22(36)33(23)18(14)24(37)38)28-21(35)16(20-29-25(27)41-31-20)30-39-15-5-1-2-6-15/h3-4,7-8,10-11,15,17,23H,1-2,5-6,9,12H2,(H5-,26,27,28,29,31,34,35,37,38)/p+1/t17?,23-/m1/s1. The monoisotopic (exact) mass is 599 g/mol. The van der Waals surface area contributed by atoms with Crippen molar-refractivity contribution in [2.75, 3.05) is 11.5 Å². The zero-order valence-corrected chi connectivity index (χ0v) is 23.3. The second-order valence-electron chi connectivity index (χ2n) is 9.50. The van der Waals surface area contributed by atoms with Crippen LogP contribution in [0.5, 0.6) is 0 Å². The maximum absolute atomic E-state index is 13.2. The highest BCUT2D eigenvalue weighted by Gasteiger charge is 2.54. The number of amides is 3. The molecular formula is C25H27N8O6S2+. The van der Waals surface area contributed by atoms with Gasteiger partial charge in [-0.2, -0.15) is 9.36 Å². The number of carbonyl (C=O) groups excluding carboxylic acids is 3. The molecule has 16 heteroatoms. The Kier molecular flexibility index (Phi) is 8.30. The van der Waals surface area contributed by atoms with Crippen LogP contribution >= 0.6 is 23.3 Å². The van der Waals surface area contributed by atoms with Crippen molar-refractivity contribution in [3.05, 3.63) is 59.3 Å². The van der Waals surface area contributed by atoms with Crippen LogP contribution in [-0.4, -0.2) is 72.0 Å². The highest BCUT2D eigenvalue weighted by Crippen LogP contribution is 2.40. The number of allylic oxidation sites excluding steroid dienone is 2. The number of oxime groups is 1. The van der Waals surface area contributed by atoms with Crippen LogP contribution in [0.4, 0.5) is 5.13 Å². The van der Waals surface area contributed by atoms with Gasteiger partial charge in [0.05, 0.1) is 5.56 Å². The quantitative estimate of drug-likeness (QED) is 0.126. The third-order valence-electron chi connectivity index (χ3n) is 6.76. The van der Waals surface area contributed by atoms with E-state index < -0.39 is 35.1 Å². The molecule has 41 heavy (non-hydrogen) atoms. The van der Waals surface area contributed by atoms with E-state index in [1.165, 1.54) is 16.7 Å². The van der Waals surface area contributed by atoms with Crippen molar-refractivity contribution in [3.63, 3.8) is 0 Å². The van der Waals surface area contributed by atoms with Gasteiger partial charge in [-0.25, -0.2) is 9.36 Å². The molecule has 0 bridgehead atoms. The fourth-order valence-electron chi connectivity index (χ4n) is 4.68. The molecular weight excluding hydrogens is 572 g/mol. The summed E-state index contributed by atoms with van der Waals surface area (Å²) in [4.78, 5) is 60.5. The molecule has 1 saturated heterocycles. The van der Waals surface area contributed by atoms with Gasteiger partial charge in [0.25, 0.3) is 11.8 Å². The molecule has 1 saturated carbocycles. The van der Waals surface area contributed by atoms with E-state index in [1.54, 1.807) is 41.2 Å². The molecule has 0 radical (unpaired) electrons. The second kappa shape index (κ2) is 12.1. The smallest absolute Gasteiger partial charge is 0.352 e. The molecule has 2 aliphatic heterocycles. The number of fused-ring (bicyclic) bond motifs is 1. The third-order valence-corrected chi connectivity index (χ3v) is 8.61. The summed E-state index contributed by atoms with van der Waals surface area (Å²) in [5.41, 5.74) is 11.5. The Morgan fingerprint density at radius 3 is 2.63 bits per heavy atom. The van der Waals surface area contributed by atoms with Crippen LogP contribution in [0.3, 0.4) is 0 Å². The van der Waals surface area contributed by atoms with Gasteiger partial charge in [-0.05, 0) is 37.3 Å². The summed E-state index contributed by atoms with van der Waals surface area (Å²) in [6.45, 7) is 0.399. The van der Waals surface area contributed by atoms with E-state index in [0.717, 1.165) is 37.2 Å². The van der Waals surface area contributed by atoms with Crippen molar-refractivity contribution in [1.82, 2.24) is 19.6 Å². The SMILES string of the molecule is NC(=O)c1cc[n+](CC=CC2=C(C(=O)O)N3C(=O)C(NC(=O)C(=NOC4CCCC4)c4nsc(N)n4)[C@H]3SC2)cc1. The highest BCUT2D eigenvalue weighted by atomic mass is 32.2. The van der Waals surface area contributed by atoms with Crippen molar-refractivity contribution in [2.45, 2.75) is 49.7 Å². The average Bonchev–Trinajstić information content (AvgIpc) is 3.63. The van der Waals surface area contributed by atoms with Crippen molar-refractivity contribution in [2.24, 2.45) is 10.9 Å². The van der Waals surface area contributed by atoms with Crippen LogP contribution in [0.2, 0.25) is 0 Å². The predicted octanol–water partition coefficient (Wildman–Crippen LogP) is 0.165. The van der Waals surface area contributed by atoms with Gasteiger partial charge in [-0.3, -0.25) is 19.3 Å². The van der Waals surface area contributed by atoms with Gasteiger partial charge >= 0.3 is 5.97 Å². The molecule has 5 rings (SSSR count). The van der Waals surface area contributed by atoms with Crippen molar-refractivity contribution < 1.29 is 33.7 Å². The summed E-state index contributed by atoms with van der Waals surface area (Å²) in [5, 5.41) is 16.1. The normalized spacial score (nSPS) is 21.1. The van der Waals surface area contributed by atoms with Crippen molar-refractivity contribution >= 4 is 57.8 Å². The largest absolute Gasteiger partial charge is 0.477 e. The Morgan fingerprint density at radius 2 is 2.00 bits per heavy atom. The number of hydrogen-bond acceptors (Lipinski definition) is 11. The minimum Gasteiger partial charge on any atom is -0.477 e. The van der Waals surface area contributed by atoms with Crippen LogP contribution in [0, 0.1) is 0 Å². The minimum atomic E-state index is -1.25. The van der Waals surface area contributed by atoms with E-state index in [2.05, 4.69) is 19.8 Å². The summed E-state index contributed by atoms with van der Waals surface area (Å²) >= 11 is 2.23. The van der Waals surface area contributed by atoms with Gasteiger partial charge in [-0.15, -0.1) is 11.8 Å². The third kappa shape index (κ3) is 6.07. The Bertz CT molecular complexity index is 1460. The van der Waals surface area contributed by atoms with Crippen molar-refractivity contribution in [1.29, 1.82) is 0 Å². The molecule has 2 atom stereocenters. The van der Waals surface area contributed by atoms with Gasteiger partial charge < -0.3 is 26.7 Å². The Morgan fingerprint density at radius 1 is 1.27 bits per heavy atom. The lowest BCUT2D eigenvalue weighted by Crippen LogP contribution is -2.71. The predicted molar refractivity (Wildman–Crippen MR) is 148 cm³/mol. The maximum atomic E-state index is 13.2. The summed E-state index contributed by atoms with van der Waals surface area (Å²) in [6, 6.07) is 2.20. The summed E-state index contributed by atoms with van der Waals surface area (Å²) in [6.07, 6.45) is 10.3. The van der Waals surface area contributed by atoms with Crippen LogP contribution in [0.1, 0.15) is 41.9 Å². The molecule has 214 valence electrons. The number of primary amides is 1. The zero-order chi connectivity index (χ0) is 29.1. The number of aliphatic carboxylic acids is 1. The van der Waals surface area contributed by atoms with Crippen LogP contribution in [-0.2, 0) is 25.8 Å². The van der Waals surface area contributed by atoms with Crippen molar-refractivity contribution in [3.8, 4) is 0 Å². The number of carboxylic acid groups (broad SMARTS) is 1. The number of nitrogen functional groups attached to an aromatic ring is 1. The summed E-state index contributed by atoms with van der Waals surface area (Å²) in [5.74, 6) is -2.76. The molecule has 3 amide bonds. The van der Waals surface area contributed by atoms with Crippen LogP contribution < -0.4 is 21.4 Å². The number of pyridine rings is 1. The van der Waals surface area contributed by atoms with Gasteiger partial charge in [0, 0.05) is 29.4 Å². The highest BCUT2D eigenvalue weighted by molar-refractivity contribution is 8.00. The molecule has 3 aliphatic rings. The fraction of sp³-hybridized carbons (Fsp3) is 0.360. The van der Waals surface area contributed by atoms with E-state index in [4.69, 9.17) is 16.3 Å². The van der Waals surface area contributed by atoms with Gasteiger partial charge in [0.2, 0.25) is 17.4 Å². The Balaban J connectivity index is 1.28. The number of hydrogen-bond donors (Lipinski definition) is 4. The number of nitrogens with zero attached hydrogens (tertiary/aromatic N) is 5. The molecule has 6 N–H and O–H groups in total. The molecule has 14 nitrogen and oxygen atoms in total. The number of carbonyl (C=O) groups is 4. The number of nitrogens with two attached hydrogens (primary N) is 2. The number of anilines is 1. The molecule has 1 aliphatic carbocycles. The summed E-state index contributed by atoms with van der Waals surface area (Å²) < 4.78 is 5.84. The second-order valence-corrected chi connectivity index (χ2v) is 11.4. The number of thioether (sulfide) groups is 1. The number of carboxylic acids is 1. The molecule has 4 heterocycles. The van der Waals surface area contributed by atoms with Gasteiger partial charge in [0.15, 0.2) is 24.1 Å². The van der Waals surface area contributed by atoms with E-state index in [0.29, 0.717) is 23.4 Å². The molecule has 2 fully saturated rings. The Hall–Kier alpha value is -4.31. The maximum Gasteiger partial charge on any atom is 0.352 e. The van der Waals surface area contributed by atoms with Crippen LogP contribution in [0.15, 0.2) is 53.1 Å². The molecule has 0 spiro atoms. The number of rotatable bonds is 10. The van der Waals surface area contributed by atoms with Gasteiger partial charge in [0.1, 0.15) is 23.2 Å². The number of β-lactam (4-membered cyclic amide) rings is 1. The topological polar surface area (TPSA) is 207 Å². The first-order valence-corrected chi connectivity index (χ1v) is 14.6.